The lowest BCUT2D eigenvalue weighted by Gasteiger charge is -2.13. The fraction of sp³-hybridized carbons (Fsp3) is 0.485. The number of carbonyl (C=O) groups is 2. The summed E-state index contributed by atoms with van der Waals surface area (Å²) in [6.07, 6.45) is 10.5. The second-order valence-corrected chi connectivity index (χ2v) is 12.0. The topological polar surface area (TPSA) is 176 Å². The highest BCUT2D eigenvalue weighted by Gasteiger charge is 2.17. The highest BCUT2D eigenvalue weighted by molar-refractivity contribution is 7.09. The zero-order chi connectivity index (χ0) is 34.6. The van der Waals surface area contributed by atoms with Gasteiger partial charge in [0.2, 0.25) is 0 Å². The number of imidazole rings is 1. The summed E-state index contributed by atoms with van der Waals surface area (Å²) in [5.74, 6) is 0.0761. The smallest absolute Gasteiger partial charge is 0.338 e. The van der Waals surface area contributed by atoms with Crippen LogP contribution in [0, 0.1) is 0 Å². The molecule has 0 atom stereocenters. The molecule has 0 bridgehead atoms. The van der Waals surface area contributed by atoms with Crippen LogP contribution in [0.15, 0.2) is 53.5 Å². The van der Waals surface area contributed by atoms with Gasteiger partial charge in [-0.25, -0.2) is 14.6 Å². The van der Waals surface area contributed by atoms with Crippen molar-refractivity contribution < 1.29 is 49.6 Å². The Morgan fingerprint density at radius 3 is 2.10 bits per heavy atom. The van der Waals surface area contributed by atoms with E-state index in [1.807, 2.05) is 35.7 Å². The summed E-state index contributed by atoms with van der Waals surface area (Å²) in [5, 5.41) is 35.6. The minimum absolute atomic E-state index is 0.137. The molecule has 4 N–H and O–H groups in total. The van der Waals surface area contributed by atoms with Gasteiger partial charge in [0, 0.05) is 29.8 Å². The molecule has 15 heteroatoms. The number of rotatable bonds is 24. The second-order valence-electron chi connectivity index (χ2n) is 11.0. The predicted molar refractivity (Wildman–Crippen MR) is 174 cm³/mol. The van der Waals surface area contributed by atoms with Gasteiger partial charge in [0.15, 0.2) is 0 Å². The summed E-state index contributed by atoms with van der Waals surface area (Å²) >= 11 is 1.56. The Hall–Kier alpha value is -3.51. The van der Waals surface area contributed by atoms with Crippen molar-refractivity contribution in [1.29, 1.82) is 0 Å². The van der Waals surface area contributed by atoms with E-state index in [9.17, 15) is 9.59 Å². The molecule has 0 fully saturated rings. The molecule has 2 heterocycles. The van der Waals surface area contributed by atoms with Crippen molar-refractivity contribution in [3.8, 4) is 0 Å². The zero-order valence-corrected chi connectivity index (χ0v) is 28.1. The Balaban J connectivity index is 1.67. The number of carbonyl (C=O) groups excluding carboxylic acids is 2. The Labute approximate surface area is 284 Å². The summed E-state index contributed by atoms with van der Waals surface area (Å²) in [4.78, 5) is 40.6. The molecule has 0 saturated heterocycles. The molecular weight excluding hydrogens is 644 g/mol. The fourth-order valence-electron chi connectivity index (χ4n) is 4.71. The number of thiophene rings is 1. The number of ether oxygens (including phenoxy) is 2. The molecule has 1 aromatic carbocycles. The first-order chi connectivity index (χ1) is 23.3. The normalized spacial score (nSPS) is 11.9. The first-order valence-corrected chi connectivity index (χ1v) is 17.0. The van der Waals surface area contributed by atoms with E-state index in [1.54, 1.807) is 29.7 Å². The first kappa shape index (κ1) is 38.9. The molecule has 3 aromatic rings. The molecule has 264 valence electrons. The highest BCUT2D eigenvalue weighted by atomic mass is 32.1. The zero-order valence-electron chi connectivity index (χ0n) is 27.2. The maximum Gasteiger partial charge on any atom is 0.338 e. The number of aromatic nitrogens is 2. The van der Waals surface area contributed by atoms with Gasteiger partial charge in [0.25, 0.3) is 0 Å². The van der Waals surface area contributed by atoms with Crippen LogP contribution < -0.4 is 0 Å². The average Bonchev–Trinajstić information content (AvgIpc) is 3.72. The predicted octanol–water partition coefficient (Wildman–Crippen LogP) is 6.03. The number of unbranched alkanes of at least 4 members (excludes halogenated alkanes) is 5. The minimum Gasteiger partial charge on any atom is -0.462 e. The van der Waals surface area contributed by atoms with Gasteiger partial charge >= 0.3 is 11.9 Å². The van der Waals surface area contributed by atoms with E-state index in [1.165, 1.54) is 0 Å². The molecule has 0 unspecified atom stereocenters. The minimum atomic E-state index is -0.420. The Morgan fingerprint density at radius 1 is 0.854 bits per heavy atom. The van der Waals surface area contributed by atoms with Crippen molar-refractivity contribution >= 4 is 29.4 Å². The van der Waals surface area contributed by atoms with E-state index in [0.717, 1.165) is 41.2 Å². The van der Waals surface area contributed by atoms with Gasteiger partial charge in [-0.3, -0.25) is 30.5 Å². The third kappa shape index (κ3) is 14.7. The van der Waals surface area contributed by atoms with Crippen LogP contribution >= 0.6 is 11.3 Å². The van der Waals surface area contributed by atoms with Crippen LogP contribution in [-0.2, 0) is 43.3 Å². The standard InChI is InChI=1S/C33H46N4O10S/c1-2-3-12-31-34-24-29(22-28(23-30-11-10-21-48-30)33(39)45-18-7-5-9-20-47-37(42)43)35(31)25-26-13-15-27(16-14-26)32(38)44-17-6-4-8-19-46-36(40)41/h10-11,13-16,21-22,24,40-43H,2-9,12,17-20,23,25H2,1H3/b28-22+. The molecule has 2 aromatic heterocycles. The quantitative estimate of drug-likeness (QED) is 0.0372. The maximum absolute atomic E-state index is 13.3. The van der Waals surface area contributed by atoms with Crippen molar-refractivity contribution in [3.05, 3.63) is 81.1 Å². The van der Waals surface area contributed by atoms with Gasteiger partial charge in [-0.05, 0) is 80.2 Å². The number of aryl methyl sites for hydroxylation is 1. The van der Waals surface area contributed by atoms with E-state index in [2.05, 4.69) is 21.2 Å². The van der Waals surface area contributed by atoms with Crippen LogP contribution in [0.25, 0.3) is 6.08 Å². The van der Waals surface area contributed by atoms with Gasteiger partial charge in [-0.1, -0.05) is 31.5 Å². The lowest BCUT2D eigenvalue weighted by atomic mass is 10.1. The number of nitrogens with zero attached hydrogens (tertiary/aromatic N) is 4. The lowest BCUT2D eigenvalue weighted by molar-refractivity contribution is -0.492. The monoisotopic (exact) mass is 690 g/mol. The molecule has 0 aliphatic rings. The van der Waals surface area contributed by atoms with E-state index < -0.39 is 11.9 Å². The average molecular weight is 691 g/mol. The summed E-state index contributed by atoms with van der Waals surface area (Å²) in [6, 6.07) is 11.1. The van der Waals surface area contributed by atoms with Gasteiger partial charge in [0.1, 0.15) is 5.82 Å². The summed E-state index contributed by atoms with van der Waals surface area (Å²) in [7, 11) is 0. The van der Waals surface area contributed by atoms with Gasteiger partial charge in [-0.15, -0.1) is 11.3 Å². The Bertz CT molecular complexity index is 1380. The Morgan fingerprint density at radius 2 is 1.50 bits per heavy atom. The van der Waals surface area contributed by atoms with Crippen molar-refractivity contribution in [2.75, 3.05) is 26.4 Å². The van der Waals surface area contributed by atoms with Crippen molar-refractivity contribution in [2.45, 2.75) is 77.7 Å². The van der Waals surface area contributed by atoms with E-state index in [4.69, 9.17) is 35.3 Å². The molecular formula is C33H46N4O10S. The summed E-state index contributed by atoms with van der Waals surface area (Å²) in [5.41, 5.74) is 2.68. The summed E-state index contributed by atoms with van der Waals surface area (Å²) in [6.45, 7) is 3.36. The number of hydrogen-bond acceptors (Lipinski definition) is 14. The van der Waals surface area contributed by atoms with Crippen LogP contribution in [0.3, 0.4) is 0 Å². The van der Waals surface area contributed by atoms with Crippen LogP contribution in [-0.4, -0.2) is 79.5 Å². The van der Waals surface area contributed by atoms with E-state index in [-0.39, 0.29) is 37.2 Å². The molecule has 48 heavy (non-hydrogen) atoms. The van der Waals surface area contributed by atoms with Crippen LogP contribution in [0.4, 0.5) is 0 Å². The molecule has 0 spiro atoms. The van der Waals surface area contributed by atoms with Crippen molar-refractivity contribution in [2.24, 2.45) is 0 Å². The molecule has 14 nitrogen and oxygen atoms in total. The second kappa shape index (κ2) is 22.2. The van der Waals surface area contributed by atoms with Gasteiger partial charge < -0.3 is 14.0 Å². The highest BCUT2D eigenvalue weighted by Crippen LogP contribution is 2.21. The van der Waals surface area contributed by atoms with Gasteiger partial charge in [0.05, 0.1) is 54.7 Å². The third-order valence-electron chi connectivity index (χ3n) is 7.24. The molecule has 0 saturated carbocycles. The number of hydrogen-bond donors (Lipinski definition) is 4. The molecule has 0 amide bonds. The molecule has 0 radical (unpaired) electrons. The molecule has 0 aliphatic heterocycles. The van der Waals surface area contributed by atoms with E-state index in [0.29, 0.717) is 62.6 Å². The van der Waals surface area contributed by atoms with E-state index >= 15 is 0 Å². The van der Waals surface area contributed by atoms with Crippen molar-refractivity contribution in [1.82, 2.24) is 20.3 Å². The molecule has 3 rings (SSSR count). The largest absolute Gasteiger partial charge is 0.462 e. The van der Waals surface area contributed by atoms with Crippen LogP contribution in [0.2, 0.25) is 0 Å². The molecule has 0 aliphatic carbocycles. The fourth-order valence-corrected chi connectivity index (χ4v) is 5.44. The Kier molecular flexibility index (Phi) is 18.0. The van der Waals surface area contributed by atoms with Crippen LogP contribution in [0.5, 0.6) is 0 Å². The number of esters is 2. The number of benzene rings is 1. The SMILES string of the molecule is CCCCc1ncc(/C=C(\Cc2cccs2)C(=O)OCCCCCON(O)O)n1Cc1ccc(C(=O)OCCCCCON(O)O)cc1. The van der Waals surface area contributed by atoms with Crippen molar-refractivity contribution in [3.63, 3.8) is 0 Å². The van der Waals surface area contributed by atoms with Gasteiger partial charge in [-0.2, -0.15) is 0 Å². The first-order valence-electron chi connectivity index (χ1n) is 16.1. The lowest BCUT2D eigenvalue weighted by Crippen LogP contribution is -2.15. The van der Waals surface area contributed by atoms with Crippen LogP contribution in [0.1, 0.15) is 90.6 Å². The third-order valence-corrected chi connectivity index (χ3v) is 8.12. The maximum atomic E-state index is 13.3. The summed E-state index contributed by atoms with van der Waals surface area (Å²) < 4.78 is 13.1.